The van der Waals surface area contributed by atoms with E-state index in [9.17, 15) is 38.7 Å². The van der Waals surface area contributed by atoms with E-state index >= 15 is 0 Å². The van der Waals surface area contributed by atoms with Crippen molar-refractivity contribution in [2.45, 2.75) is 198 Å². The molecule has 0 aromatic carbocycles. The predicted octanol–water partition coefficient (Wildman–Crippen LogP) is 3.24. The third-order valence-corrected chi connectivity index (χ3v) is 12.1. The maximum absolute atomic E-state index is 14.2. The molecule has 0 aromatic heterocycles. The lowest BCUT2D eigenvalue weighted by atomic mass is 9.85. The standard InChI is InChI=1S/C43H75N9O8/c1-2-3-4-5-6-7-8-9-10-11-12-13-14-15-16-17-18-19-22-35(53)47-28-30-26-31-23-24-34-41(59)50-32(21-20-25-46-43(44)45)39(57)48-29-36(54)49-33(27-37(55)56)40(58)51-38(30)42(60)52(31)34/h30-34,38H,2-29H2,1H3,(H,47,53)(H,48,57)(H,49,54)(H,50,59)(H,51,58)(H,55,56)(H4,44,45,46)/t30-,31-,32-,33-,34-,38+/m0/s1. The Kier molecular flexibility index (Phi) is 23.4. The van der Waals surface area contributed by atoms with Gasteiger partial charge in [-0.1, -0.05) is 116 Å². The fourth-order valence-corrected chi connectivity index (χ4v) is 8.69. The topological polar surface area (TPSA) is 265 Å². The number of guanidine groups is 1. The number of amides is 6. The van der Waals surface area contributed by atoms with Crippen LogP contribution in [0.2, 0.25) is 0 Å². The molecule has 3 aliphatic rings. The number of carboxylic acid groups (broad SMARTS) is 1. The first kappa shape index (κ1) is 49.9. The molecule has 3 heterocycles. The molecular weight excluding hydrogens is 771 g/mol. The zero-order valence-electron chi connectivity index (χ0n) is 36.1. The monoisotopic (exact) mass is 846 g/mol. The number of hydrogen-bond acceptors (Lipinski definition) is 8. The summed E-state index contributed by atoms with van der Waals surface area (Å²) in [6.07, 6.45) is 23.7. The Morgan fingerprint density at radius 2 is 1.32 bits per heavy atom. The quantitative estimate of drug-likeness (QED) is 0.0331. The van der Waals surface area contributed by atoms with Gasteiger partial charge in [0.05, 0.1) is 13.0 Å². The van der Waals surface area contributed by atoms with Gasteiger partial charge in [0.25, 0.3) is 0 Å². The van der Waals surface area contributed by atoms with Crippen molar-refractivity contribution in [3.63, 3.8) is 0 Å². The summed E-state index contributed by atoms with van der Waals surface area (Å²) in [6.45, 7) is 1.98. The molecule has 0 unspecified atom stereocenters. The molecule has 0 spiro atoms. The van der Waals surface area contributed by atoms with E-state index in [0.29, 0.717) is 32.1 Å². The minimum absolute atomic E-state index is 0.0839. The number of nitrogens with zero attached hydrogens (tertiary/aromatic N) is 1. The number of carboxylic acids is 1. The molecule has 17 heteroatoms. The molecule has 0 saturated carbocycles. The molecule has 3 rings (SSSR count). The summed E-state index contributed by atoms with van der Waals surface area (Å²) in [4.78, 5) is 93.7. The summed E-state index contributed by atoms with van der Waals surface area (Å²) in [5, 5.41) is 32.7. The Balaban J connectivity index is 1.50. The van der Waals surface area contributed by atoms with Crippen LogP contribution in [0.5, 0.6) is 0 Å². The second kappa shape index (κ2) is 28.2. The average molecular weight is 846 g/mol. The highest BCUT2D eigenvalue weighted by atomic mass is 16.4. The number of hydrogen-bond donors (Lipinski definition) is 9. The van der Waals surface area contributed by atoms with Crippen molar-refractivity contribution >= 4 is 47.4 Å². The molecule has 3 saturated heterocycles. The third-order valence-electron chi connectivity index (χ3n) is 12.1. The summed E-state index contributed by atoms with van der Waals surface area (Å²) >= 11 is 0. The molecule has 17 nitrogen and oxygen atoms in total. The molecule has 10 N–H and O–H groups in total. The summed E-state index contributed by atoms with van der Waals surface area (Å²) in [5.41, 5.74) is 5.35. The van der Waals surface area contributed by atoms with Crippen molar-refractivity contribution in [3.8, 4) is 0 Å². The van der Waals surface area contributed by atoms with Crippen LogP contribution in [0.25, 0.3) is 0 Å². The first-order chi connectivity index (χ1) is 28.9. The Morgan fingerprint density at radius 3 is 1.88 bits per heavy atom. The van der Waals surface area contributed by atoms with Gasteiger partial charge in [0, 0.05) is 31.5 Å². The van der Waals surface area contributed by atoms with Gasteiger partial charge in [0.1, 0.15) is 24.2 Å². The van der Waals surface area contributed by atoms with Gasteiger partial charge in [0.15, 0.2) is 5.96 Å². The first-order valence-electron chi connectivity index (χ1n) is 23.0. The van der Waals surface area contributed by atoms with Gasteiger partial charge in [-0.3, -0.25) is 39.0 Å². The van der Waals surface area contributed by atoms with E-state index in [-0.39, 0.29) is 37.4 Å². The molecule has 340 valence electrons. The summed E-state index contributed by atoms with van der Waals surface area (Å²) < 4.78 is 0. The van der Waals surface area contributed by atoms with Crippen LogP contribution in [0.15, 0.2) is 0 Å². The number of nitrogens with two attached hydrogens (primary N) is 1. The van der Waals surface area contributed by atoms with Crippen molar-refractivity contribution in [1.82, 2.24) is 36.8 Å². The number of rotatable bonds is 27. The van der Waals surface area contributed by atoms with Crippen LogP contribution in [-0.2, 0) is 33.6 Å². The fourth-order valence-electron chi connectivity index (χ4n) is 8.69. The molecule has 60 heavy (non-hydrogen) atoms. The Bertz CT molecular complexity index is 1410. The second-order valence-electron chi connectivity index (χ2n) is 17.0. The number of unbranched alkanes of at least 4 members (excludes halogenated alkanes) is 17. The summed E-state index contributed by atoms with van der Waals surface area (Å²) in [5.74, 6) is -5.90. The van der Waals surface area contributed by atoms with Crippen LogP contribution in [-0.4, -0.2) is 107 Å². The molecule has 0 aromatic rings. The number of nitrogens with one attached hydrogen (secondary N) is 7. The molecule has 6 atom stereocenters. The van der Waals surface area contributed by atoms with Crippen molar-refractivity contribution in [1.29, 1.82) is 5.41 Å². The van der Waals surface area contributed by atoms with E-state index in [0.717, 1.165) is 25.7 Å². The maximum atomic E-state index is 14.2. The van der Waals surface area contributed by atoms with Gasteiger partial charge < -0.3 is 47.6 Å². The van der Waals surface area contributed by atoms with E-state index in [4.69, 9.17) is 11.1 Å². The van der Waals surface area contributed by atoms with Crippen molar-refractivity contribution < 1.29 is 38.7 Å². The third kappa shape index (κ3) is 18.4. The minimum Gasteiger partial charge on any atom is -0.481 e. The van der Waals surface area contributed by atoms with Crippen molar-refractivity contribution in [2.75, 3.05) is 19.6 Å². The van der Waals surface area contributed by atoms with Gasteiger partial charge in [-0.25, -0.2) is 0 Å². The highest BCUT2D eigenvalue weighted by Crippen LogP contribution is 2.35. The highest BCUT2D eigenvalue weighted by molar-refractivity contribution is 5.98. The van der Waals surface area contributed by atoms with E-state index < -0.39 is 78.6 Å². The fraction of sp³-hybridized carbons (Fsp3) is 0.814. The van der Waals surface area contributed by atoms with Gasteiger partial charge in [-0.05, 0) is 38.5 Å². The normalized spacial score (nSPS) is 23.4. The van der Waals surface area contributed by atoms with E-state index in [1.807, 2.05) is 0 Å². The van der Waals surface area contributed by atoms with Crippen LogP contribution in [0.3, 0.4) is 0 Å². The van der Waals surface area contributed by atoms with E-state index in [2.05, 4.69) is 38.8 Å². The smallest absolute Gasteiger partial charge is 0.305 e. The SMILES string of the molecule is CCCCCCCCCCCCCCCCCCCCC(=O)NC[C@@H]1C[C@@H]2CC[C@H]3C(=O)N[C@@H](CCCNC(=N)N)C(=O)NCC(=O)N[C@@H](CC(=O)O)C(=O)N[C@H]1C(=O)N23. The maximum Gasteiger partial charge on any atom is 0.305 e. The van der Waals surface area contributed by atoms with Crippen LogP contribution in [0.1, 0.15) is 167 Å². The number of carbonyl (C=O) groups is 7. The van der Waals surface area contributed by atoms with Gasteiger partial charge in [-0.2, -0.15) is 0 Å². The zero-order chi connectivity index (χ0) is 43.7. The van der Waals surface area contributed by atoms with Crippen molar-refractivity contribution in [2.24, 2.45) is 11.7 Å². The molecule has 3 fully saturated rings. The van der Waals surface area contributed by atoms with Crippen LogP contribution >= 0.6 is 0 Å². The summed E-state index contributed by atoms with van der Waals surface area (Å²) in [6, 6.07) is -5.17. The van der Waals surface area contributed by atoms with Crippen LogP contribution in [0, 0.1) is 11.3 Å². The molecule has 6 amide bonds. The predicted molar refractivity (Wildman–Crippen MR) is 228 cm³/mol. The largest absolute Gasteiger partial charge is 0.481 e. The molecule has 3 aliphatic heterocycles. The number of carbonyl (C=O) groups excluding carboxylic acids is 6. The highest BCUT2D eigenvalue weighted by Gasteiger charge is 2.51. The van der Waals surface area contributed by atoms with Crippen molar-refractivity contribution in [3.05, 3.63) is 0 Å². The molecule has 0 radical (unpaired) electrons. The summed E-state index contributed by atoms with van der Waals surface area (Å²) in [7, 11) is 0. The molecule has 0 aliphatic carbocycles. The van der Waals surface area contributed by atoms with Crippen LogP contribution < -0.4 is 37.6 Å². The number of piperidine rings is 1. The number of fused-ring (bicyclic) bond motifs is 1. The Morgan fingerprint density at radius 1 is 0.733 bits per heavy atom. The minimum atomic E-state index is -1.56. The van der Waals surface area contributed by atoms with E-state index in [1.54, 1.807) is 0 Å². The molecule has 2 bridgehead atoms. The van der Waals surface area contributed by atoms with Gasteiger partial charge in [-0.15, -0.1) is 0 Å². The Hall–Kier alpha value is -4.44. The van der Waals surface area contributed by atoms with Gasteiger partial charge in [0.2, 0.25) is 35.4 Å². The van der Waals surface area contributed by atoms with Gasteiger partial charge >= 0.3 is 5.97 Å². The first-order valence-corrected chi connectivity index (χ1v) is 23.0. The second-order valence-corrected chi connectivity index (χ2v) is 17.0. The number of aliphatic carboxylic acids is 1. The molecular formula is C43H75N9O8. The lowest BCUT2D eigenvalue weighted by Crippen LogP contribution is -2.65. The lowest BCUT2D eigenvalue weighted by molar-refractivity contribution is -0.149. The lowest BCUT2D eigenvalue weighted by Gasteiger charge is -2.42. The van der Waals surface area contributed by atoms with Crippen LogP contribution in [0.4, 0.5) is 0 Å². The zero-order valence-corrected chi connectivity index (χ0v) is 36.1. The Labute approximate surface area is 356 Å². The van der Waals surface area contributed by atoms with E-state index in [1.165, 1.54) is 94.8 Å². The average Bonchev–Trinajstić information content (AvgIpc) is 3.64.